The Labute approximate surface area is 125 Å². The first-order chi connectivity index (χ1) is 9.87. The van der Waals surface area contributed by atoms with E-state index in [1.54, 1.807) is 11.0 Å². The number of piperazine rings is 1. The van der Waals surface area contributed by atoms with Crippen molar-refractivity contribution in [3.8, 4) is 5.88 Å². The summed E-state index contributed by atoms with van der Waals surface area (Å²) in [4.78, 5) is 20.6. The second-order valence-corrected chi connectivity index (χ2v) is 5.85. The first-order valence-corrected chi connectivity index (χ1v) is 7.30. The van der Waals surface area contributed by atoms with Crippen LogP contribution in [0.15, 0.2) is 12.1 Å². The van der Waals surface area contributed by atoms with Crippen LogP contribution in [0, 0.1) is 0 Å². The normalized spacial score (nSPS) is 18.0. The first-order valence-electron chi connectivity index (χ1n) is 7.30. The van der Waals surface area contributed by atoms with E-state index in [1.165, 1.54) is 0 Å². The second kappa shape index (κ2) is 5.79. The van der Waals surface area contributed by atoms with E-state index in [9.17, 15) is 4.79 Å². The third kappa shape index (κ3) is 2.89. The molecule has 2 heterocycles. The smallest absolute Gasteiger partial charge is 0.247 e. The van der Waals surface area contributed by atoms with E-state index < -0.39 is 5.54 Å². The molecule has 0 unspecified atom stereocenters. The summed E-state index contributed by atoms with van der Waals surface area (Å²) in [6.07, 6.45) is 0.893. The number of pyridine rings is 1. The standard InChI is InChI=1S/C15H24N4O2/c1-5-10-21-13-11(16)6-7-12(17-13)19-9-8-18(4)14(20)15(19,2)3/h6-7H,5,8-10,16H2,1-4H3. The van der Waals surface area contributed by atoms with Gasteiger partial charge in [0.15, 0.2) is 0 Å². The molecule has 0 atom stereocenters. The van der Waals surface area contributed by atoms with Gasteiger partial charge in [0, 0.05) is 20.1 Å². The molecule has 1 aromatic heterocycles. The predicted octanol–water partition coefficient (Wildman–Crippen LogP) is 1.51. The summed E-state index contributed by atoms with van der Waals surface area (Å²) in [6, 6.07) is 3.63. The molecule has 0 spiro atoms. The van der Waals surface area contributed by atoms with E-state index in [2.05, 4.69) is 4.98 Å². The predicted molar refractivity (Wildman–Crippen MR) is 83.5 cm³/mol. The van der Waals surface area contributed by atoms with Gasteiger partial charge in [0.25, 0.3) is 0 Å². The van der Waals surface area contributed by atoms with E-state index in [0.29, 0.717) is 24.7 Å². The van der Waals surface area contributed by atoms with Crippen molar-refractivity contribution in [2.45, 2.75) is 32.7 Å². The third-order valence-corrected chi connectivity index (χ3v) is 3.80. The Morgan fingerprint density at radius 2 is 2.10 bits per heavy atom. The van der Waals surface area contributed by atoms with Gasteiger partial charge in [0.05, 0.1) is 12.3 Å². The van der Waals surface area contributed by atoms with Crippen molar-refractivity contribution in [3.05, 3.63) is 12.1 Å². The lowest BCUT2D eigenvalue weighted by Gasteiger charge is -2.45. The van der Waals surface area contributed by atoms with Gasteiger partial charge in [-0.05, 0) is 32.4 Å². The minimum Gasteiger partial charge on any atom is -0.476 e. The van der Waals surface area contributed by atoms with Crippen LogP contribution in [0.25, 0.3) is 0 Å². The average Bonchev–Trinajstić information content (AvgIpc) is 2.45. The Hall–Kier alpha value is -1.98. The van der Waals surface area contributed by atoms with E-state index in [4.69, 9.17) is 10.5 Å². The molecule has 1 aliphatic rings. The van der Waals surface area contributed by atoms with Crippen molar-refractivity contribution in [1.29, 1.82) is 0 Å². The molecule has 1 amide bonds. The maximum atomic E-state index is 12.4. The fourth-order valence-electron chi connectivity index (χ4n) is 2.52. The number of carbonyl (C=O) groups is 1. The van der Waals surface area contributed by atoms with Gasteiger partial charge >= 0.3 is 0 Å². The van der Waals surface area contributed by atoms with Gasteiger partial charge in [-0.2, -0.15) is 4.98 Å². The maximum absolute atomic E-state index is 12.4. The minimum atomic E-state index is -0.627. The Bertz CT molecular complexity index is 530. The molecule has 1 saturated heterocycles. The Morgan fingerprint density at radius 1 is 1.38 bits per heavy atom. The average molecular weight is 292 g/mol. The van der Waals surface area contributed by atoms with E-state index in [0.717, 1.165) is 18.8 Å². The van der Waals surface area contributed by atoms with Gasteiger partial charge in [-0.1, -0.05) is 6.92 Å². The summed E-state index contributed by atoms with van der Waals surface area (Å²) in [5.41, 5.74) is 5.79. The van der Waals surface area contributed by atoms with E-state index >= 15 is 0 Å². The summed E-state index contributed by atoms with van der Waals surface area (Å²) in [5, 5.41) is 0. The number of hydrogen-bond acceptors (Lipinski definition) is 5. The molecule has 0 saturated carbocycles. The molecule has 116 valence electrons. The zero-order valence-electron chi connectivity index (χ0n) is 13.2. The van der Waals surface area contributed by atoms with Crippen molar-refractivity contribution in [3.63, 3.8) is 0 Å². The van der Waals surface area contributed by atoms with Crippen LogP contribution in [-0.4, -0.2) is 48.1 Å². The lowest BCUT2D eigenvalue weighted by Crippen LogP contribution is -2.62. The van der Waals surface area contributed by atoms with Crippen LogP contribution in [0.1, 0.15) is 27.2 Å². The van der Waals surface area contributed by atoms with Gasteiger partial charge in [0.2, 0.25) is 11.8 Å². The summed E-state index contributed by atoms with van der Waals surface area (Å²) in [6.45, 7) is 7.85. The molecule has 0 aromatic carbocycles. The van der Waals surface area contributed by atoms with Crippen molar-refractivity contribution < 1.29 is 9.53 Å². The van der Waals surface area contributed by atoms with E-state index in [-0.39, 0.29) is 5.91 Å². The molecule has 2 rings (SSSR count). The van der Waals surface area contributed by atoms with Crippen LogP contribution in [0.5, 0.6) is 5.88 Å². The van der Waals surface area contributed by atoms with Crippen LogP contribution in [0.2, 0.25) is 0 Å². The zero-order valence-corrected chi connectivity index (χ0v) is 13.2. The summed E-state index contributed by atoms with van der Waals surface area (Å²) >= 11 is 0. The van der Waals surface area contributed by atoms with Crippen molar-refractivity contribution in [2.24, 2.45) is 0 Å². The van der Waals surface area contributed by atoms with Crippen molar-refractivity contribution in [1.82, 2.24) is 9.88 Å². The number of nitrogen functional groups attached to an aromatic ring is 1. The van der Waals surface area contributed by atoms with Crippen molar-refractivity contribution in [2.75, 3.05) is 37.4 Å². The first kappa shape index (κ1) is 15.4. The molecule has 1 aliphatic heterocycles. The molecule has 0 bridgehead atoms. The highest BCUT2D eigenvalue weighted by Crippen LogP contribution is 2.30. The van der Waals surface area contributed by atoms with Gasteiger partial charge in [0.1, 0.15) is 11.4 Å². The summed E-state index contributed by atoms with van der Waals surface area (Å²) in [7, 11) is 1.83. The quantitative estimate of drug-likeness (QED) is 0.910. The number of amides is 1. The molecule has 1 fully saturated rings. The number of hydrogen-bond donors (Lipinski definition) is 1. The molecule has 0 radical (unpaired) electrons. The summed E-state index contributed by atoms with van der Waals surface area (Å²) in [5.74, 6) is 1.25. The molecule has 6 heteroatoms. The van der Waals surface area contributed by atoms with Crippen LogP contribution >= 0.6 is 0 Å². The van der Waals surface area contributed by atoms with Gasteiger partial charge in [-0.15, -0.1) is 0 Å². The Morgan fingerprint density at radius 3 is 2.76 bits per heavy atom. The van der Waals surface area contributed by atoms with Crippen molar-refractivity contribution >= 4 is 17.4 Å². The van der Waals surface area contributed by atoms with Gasteiger partial charge in [-0.3, -0.25) is 4.79 Å². The highest BCUT2D eigenvalue weighted by Gasteiger charge is 2.41. The number of ether oxygens (including phenoxy) is 1. The number of nitrogens with two attached hydrogens (primary N) is 1. The number of carbonyl (C=O) groups excluding carboxylic acids is 1. The SMILES string of the molecule is CCCOc1nc(N2CCN(C)C(=O)C2(C)C)ccc1N. The number of aromatic nitrogens is 1. The highest BCUT2D eigenvalue weighted by molar-refractivity contribution is 5.90. The lowest BCUT2D eigenvalue weighted by molar-refractivity contribution is -0.136. The molecular weight excluding hydrogens is 268 g/mol. The maximum Gasteiger partial charge on any atom is 0.247 e. The largest absolute Gasteiger partial charge is 0.476 e. The molecule has 0 aliphatic carbocycles. The molecule has 6 nitrogen and oxygen atoms in total. The van der Waals surface area contributed by atoms with Crippen LogP contribution in [0.4, 0.5) is 11.5 Å². The van der Waals surface area contributed by atoms with Crippen LogP contribution < -0.4 is 15.4 Å². The minimum absolute atomic E-state index is 0.0865. The Kier molecular flexibility index (Phi) is 4.25. The molecular formula is C15H24N4O2. The van der Waals surface area contributed by atoms with Gasteiger partial charge in [-0.25, -0.2) is 0 Å². The molecule has 1 aromatic rings. The number of nitrogens with zero attached hydrogens (tertiary/aromatic N) is 3. The van der Waals surface area contributed by atoms with E-state index in [1.807, 2.05) is 38.8 Å². The fourth-order valence-corrected chi connectivity index (χ4v) is 2.52. The Balaban J connectivity index is 2.31. The van der Waals surface area contributed by atoms with Crippen LogP contribution in [0.3, 0.4) is 0 Å². The summed E-state index contributed by atoms with van der Waals surface area (Å²) < 4.78 is 5.58. The number of anilines is 2. The zero-order chi connectivity index (χ0) is 15.6. The van der Waals surface area contributed by atoms with Crippen LogP contribution in [-0.2, 0) is 4.79 Å². The number of rotatable bonds is 4. The molecule has 2 N–H and O–H groups in total. The van der Waals surface area contributed by atoms with Gasteiger partial charge < -0.3 is 20.3 Å². The second-order valence-electron chi connectivity index (χ2n) is 5.85. The lowest BCUT2D eigenvalue weighted by atomic mass is 9.98. The topological polar surface area (TPSA) is 71.7 Å². The highest BCUT2D eigenvalue weighted by atomic mass is 16.5. The fraction of sp³-hybridized carbons (Fsp3) is 0.600. The third-order valence-electron chi connectivity index (χ3n) is 3.80. The molecule has 21 heavy (non-hydrogen) atoms. The monoisotopic (exact) mass is 292 g/mol. The number of likely N-dealkylation sites (N-methyl/N-ethyl adjacent to an activating group) is 1.